The van der Waals surface area contributed by atoms with Crippen LogP contribution in [0.25, 0.3) is 0 Å². The van der Waals surface area contributed by atoms with Crippen molar-refractivity contribution >= 4 is 5.78 Å². The quantitative estimate of drug-likeness (QED) is 0.442. The Hall–Kier alpha value is -0.790. The zero-order chi connectivity index (χ0) is 7.98. The topological polar surface area (TPSA) is 26.3 Å². The Bertz CT molecular complexity index is 136. The van der Waals surface area contributed by atoms with Crippen molar-refractivity contribution in [1.29, 1.82) is 0 Å². The number of Topliss-reactive ketones (excluding diaryl/α,β-unsaturated/α-hetero) is 1. The van der Waals surface area contributed by atoms with Crippen molar-refractivity contribution in [1.82, 2.24) is 0 Å². The van der Waals surface area contributed by atoms with E-state index in [1.165, 1.54) is 0 Å². The first-order valence-electron chi connectivity index (χ1n) is 3.53. The Labute approximate surface area is 61.9 Å². The second-order valence-corrected chi connectivity index (χ2v) is 2.01. The van der Waals surface area contributed by atoms with Gasteiger partial charge < -0.3 is 4.74 Å². The highest BCUT2D eigenvalue weighted by Crippen LogP contribution is 2.01. The molecule has 0 fully saturated rings. The van der Waals surface area contributed by atoms with Crippen LogP contribution < -0.4 is 0 Å². The van der Waals surface area contributed by atoms with Gasteiger partial charge in [0.1, 0.15) is 0 Å². The van der Waals surface area contributed by atoms with Crippen molar-refractivity contribution in [3.05, 3.63) is 11.8 Å². The molecule has 0 amide bonds. The largest absolute Gasteiger partial charge is 0.501 e. The van der Waals surface area contributed by atoms with Gasteiger partial charge in [-0.25, -0.2) is 0 Å². The molecule has 58 valence electrons. The number of rotatable bonds is 4. The molecule has 10 heavy (non-hydrogen) atoms. The summed E-state index contributed by atoms with van der Waals surface area (Å²) in [6.07, 6.45) is 2.29. The van der Waals surface area contributed by atoms with E-state index < -0.39 is 0 Å². The van der Waals surface area contributed by atoms with E-state index in [4.69, 9.17) is 4.74 Å². The molecule has 0 spiro atoms. The van der Waals surface area contributed by atoms with Crippen molar-refractivity contribution in [3.8, 4) is 0 Å². The van der Waals surface area contributed by atoms with Gasteiger partial charge in [0.25, 0.3) is 0 Å². The summed E-state index contributed by atoms with van der Waals surface area (Å²) in [7, 11) is 0. The fourth-order valence-corrected chi connectivity index (χ4v) is 0.599. The minimum Gasteiger partial charge on any atom is -0.501 e. The maximum absolute atomic E-state index is 10.7. The molecule has 2 heteroatoms. The van der Waals surface area contributed by atoms with Crippen LogP contribution >= 0.6 is 0 Å². The Balaban J connectivity index is 3.91. The molecule has 0 aromatic rings. The monoisotopic (exact) mass is 142 g/mol. The minimum atomic E-state index is 0.0935. The van der Waals surface area contributed by atoms with Crippen LogP contribution in [0.5, 0.6) is 0 Å². The number of ether oxygens (including phenoxy) is 1. The molecule has 0 heterocycles. The smallest absolute Gasteiger partial charge is 0.158 e. The van der Waals surface area contributed by atoms with Gasteiger partial charge in [-0.2, -0.15) is 0 Å². The summed E-state index contributed by atoms with van der Waals surface area (Å²) in [5.41, 5.74) is 0.752. The van der Waals surface area contributed by atoms with Crippen molar-refractivity contribution < 1.29 is 9.53 Å². The van der Waals surface area contributed by atoms with E-state index in [0.717, 1.165) is 12.0 Å². The van der Waals surface area contributed by atoms with Crippen LogP contribution in [0.4, 0.5) is 0 Å². The molecule has 0 atom stereocenters. The second-order valence-electron chi connectivity index (χ2n) is 2.01. The summed E-state index contributed by atoms with van der Waals surface area (Å²) in [6.45, 7) is 6.00. The fraction of sp³-hybridized carbons (Fsp3) is 0.625. The average molecular weight is 142 g/mol. The van der Waals surface area contributed by atoms with Crippen molar-refractivity contribution in [2.45, 2.75) is 27.2 Å². The molecule has 0 N–H and O–H groups in total. The van der Waals surface area contributed by atoms with Crippen LogP contribution in [0, 0.1) is 0 Å². The zero-order valence-corrected chi connectivity index (χ0v) is 6.81. The van der Waals surface area contributed by atoms with Crippen LogP contribution in [0.1, 0.15) is 27.2 Å². The molecule has 0 saturated heterocycles. The molecule has 0 aliphatic heterocycles. The normalized spacial score (nSPS) is 11.3. The number of carbonyl (C=O) groups is 1. The van der Waals surface area contributed by atoms with Crippen molar-refractivity contribution in [2.75, 3.05) is 6.61 Å². The van der Waals surface area contributed by atoms with Gasteiger partial charge >= 0.3 is 0 Å². The van der Waals surface area contributed by atoms with Crippen molar-refractivity contribution in [3.63, 3.8) is 0 Å². The SMILES string of the molecule is CCO/C=C(/CC)C(C)=O. The Morgan fingerprint density at radius 1 is 1.50 bits per heavy atom. The highest BCUT2D eigenvalue weighted by molar-refractivity contribution is 5.92. The number of hydrogen-bond donors (Lipinski definition) is 0. The van der Waals surface area contributed by atoms with E-state index in [1.54, 1.807) is 13.2 Å². The first-order chi connectivity index (χ1) is 4.72. The third-order valence-electron chi connectivity index (χ3n) is 1.23. The van der Waals surface area contributed by atoms with Gasteiger partial charge in [0, 0.05) is 5.57 Å². The van der Waals surface area contributed by atoms with Gasteiger partial charge in [-0.05, 0) is 20.3 Å². The second kappa shape index (κ2) is 5.03. The van der Waals surface area contributed by atoms with Gasteiger partial charge in [0.15, 0.2) is 5.78 Å². The summed E-state index contributed by atoms with van der Waals surface area (Å²) in [4.78, 5) is 10.7. The number of carbonyl (C=O) groups excluding carboxylic acids is 1. The highest BCUT2D eigenvalue weighted by Gasteiger charge is 1.98. The lowest BCUT2D eigenvalue weighted by atomic mass is 10.2. The van der Waals surface area contributed by atoms with Gasteiger partial charge in [0.05, 0.1) is 12.9 Å². The van der Waals surface area contributed by atoms with E-state index in [0.29, 0.717) is 6.61 Å². The van der Waals surface area contributed by atoms with Crippen LogP contribution in [-0.4, -0.2) is 12.4 Å². The van der Waals surface area contributed by atoms with Gasteiger partial charge in [0.2, 0.25) is 0 Å². The molecule has 0 rings (SSSR count). The van der Waals surface area contributed by atoms with Gasteiger partial charge in [-0.1, -0.05) is 6.92 Å². The molecule has 0 bridgehead atoms. The van der Waals surface area contributed by atoms with E-state index in [-0.39, 0.29) is 5.78 Å². The molecule has 0 radical (unpaired) electrons. The maximum Gasteiger partial charge on any atom is 0.158 e. The summed E-state index contributed by atoms with van der Waals surface area (Å²) < 4.78 is 4.96. The highest BCUT2D eigenvalue weighted by atomic mass is 16.5. The molecule has 0 saturated carbocycles. The average Bonchev–Trinajstić information content (AvgIpc) is 1.89. The fourth-order valence-electron chi connectivity index (χ4n) is 0.599. The molecule has 0 aliphatic carbocycles. The van der Waals surface area contributed by atoms with Crippen LogP contribution in [-0.2, 0) is 9.53 Å². The van der Waals surface area contributed by atoms with E-state index in [2.05, 4.69) is 0 Å². The molecule has 0 unspecified atom stereocenters. The van der Waals surface area contributed by atoms with Crippen LogP contribution in [0.15, 0.2) is 11.8 Å². The zero-order valence-electron chi connectivity index (χ0n) is 6.81. The lowest BCUT2D eigenvalue weighted by Gasteiger charge is -1.98. The lowest BCUT2D eigenvalue weighted by Crippen LogP contribution is -1.96. The molecular formula is C8H14O2. The third kappa shape index (κ3) is 3.28. The summed E-state index contributed by atoms with van der Waals surface area (Å²) in [5, 5.41) is 0. The Morgan fingerprint density at radius 2 is 2.10 bits per heavy atom. The Morgan fingerprint density at radius 3 is 2.40 bits per heavy atom. The maximum atomic E-state index is 10.7. The molecule has 0 aromatic heterocycles. The number of ketones is 1. The van der Waals surface area contributed by atoms with E-state index in [9.17, 15) is 4.79 Å². The van der Waals surface area contributed by atoms with Crippen molar-refractivity contribution in [2.24, 2.45) is 0 Å². The first-order valence-corrected chi connectivity index (χ1v) is 3.53. The predicted molar refractivity (Wildman–Crippen MR) is 40.7 cm³/mol. The summed E-state index contributed by atoms with van der Waals surface area (Å²) in [6, 6.07) is 0. The Kier molecular flexibility index (Phi) is 4.63. The first kappa shape index (κ1) is 9.21. The third-order valence-corrected chi connectivity index (χ3v) is 1.23. The molecule has 2 nitrogen and oxygen atoms in total. The summed E-state index contributed by atoms with van der Waals surface area (Å²) in [5.74, 6) is 0.0935. The van der Waals surface area contributed by atoms with Crippen LogP contribution in [0.3, 0.4) is 0 Å². The van der Waals surface area contributed by atoms with Gasteiger partial charge in [-0.3, -0.25) is 4.79 Å². The number of hydrogen-bond acceptors (Lipinski definition) is 2. The predicted octanol–water partition coefficient (Wildman–Crippen LogP) is 1.91. The summed E-state index contributed by atoms with van der Waals surface area (Å²) >= 11 is 0. The van der Waals surface area contributed by atoms with Gasteiger partial charge in [-0.15, -0.1) is 0 Å². The molecule has 0 aromatic carbocycles. The van der Waals surface area contributed by atoms with E-state index in [1.807, 2.05) is 13.8 Å². The lowest BCUT2D eigenvalue weighted by molar-refractivity contribution is -0.113. The molecule has 0 aliphatic rings. The van der Waals surface area contributed by atoms with E-state index >= 15 is 0 Å². The minimum absolute atomic E-state index is 0.0935. The molecular weight excluding hydrogens is 128 g/mol. The standard InChI is InChI=1S/C8H14O2/c1-4-8(7(3)9)6-10-5-2/h6H,4-5H2,1-3H3/b8-6-. The van der Waals surface area contributed by atoms with Crippen LogP contribution in [0.2, 0.25) is 0 Å². The number of allylic oxidation sites excluding steroid dienone is 1.